The van der Waals surface area contributed by atoms with Gasteiger partial charge in [-0.2, -0.15) is 0 Å². The molecule has 8 N–H and O–H groups in total. The second kappa shape index (κ2) is 14.8. The van der Waals surface area contributed by atoms with Crippen molar-refractivity contribution in [2.24, 2.45) is 23.3 Å². The number of hydrogen-bond donors (Lipinski definition) is 6. The van der Waals surface area contributed by atoms with Gasteiger partial charge in [-0.25, -0.2) is 4.79 Å². The van der Waals surface area contributed by atoms with Gasteiger partial charge in [0.2, 0.25) is 23.6 Å². The van der Waals surface area contributed by atoms with E-state index < -0.39 is 60.2 Å². The van der Waals surface area contributed by atoms with Crippen LogP contribution in [0.3, 0.4) is 0 Å². The van der Waals surface area contributed by atoms with Gasteiger partial charge in [0.05, 0.1) is 12.5 Å². The maximum Gasteiger partial charge on any atom is 0.326 e. The Bertz CT molecular complexity index is 909. The van der Waals surface area contributed by atoms with Crippen LogP contribution in [0.2, 0.25) is 0 Å². The lowest BCUT2D eigenvalue weighted by atomic mass is 9.95. The van der Waals surface area contributed by atoms with Crippen molar-refractivity contribution in [3.63, 3.8) is 0 Å². The molecule has 36 heavy (non-hydrogen) atoms. The summed E-state index contributed by atoms with van der Waals surface area (Å²) < 4.78 is 0. The van der Waals surface area contributed by atoms with Crippen molar-refractivity contribution in [3.8, 4) is 0 Å². The molecule has 4 amide bonds. The van der Waals surface area contributed by atoms with Crippen LogP contribution in [0.4, 0.5) is 0 Å². The summed E-state index contributed by atoms with van der Waals surface area (Å²) in [5.41, 5.74) is 12.1. The first kappa shape index (κ1) is 30.6. The van der Waals surface area contributed by atoms with Crippen LogP contribution in [0.25, 0.3) is 0 Å². The fourth-order valence-corrected chi connectivity index (χ4v) is 3.53. The molecule has 6 atom stereocenters. The number of carboxylic acids is 1. The Hall–Kier alpha value is -3.47. The first-order valence-electron chi connectivity index (χ1n) is 12.1. The van der Waals surface area contributed by atoms with Gasteiger partial charge in [-0.1, -0.05) is 70.9 Å². The molecule has 0 aromatic heterocycles. The highest BCUT2D eigenvalue weighted by Gasteiger charge is 2.34. The smallest absolute Gasteiger partial charge is 0.326 e. The molecule has 0 aliphatic heterocycles. The van der Waals surface area contributed by atoms with Crippen molar-refractivity contribution in [1.29, 1.82) is 0 Å². The number of hydrogen-bond acceptors (Lipinski definition) is 6. The van der Waals surface area contributed by atoms with E-state index in [9.17, 15) is 29.1 Å². The second-order valence-electron chi connectivity index (χ2n) is 9.11. The molecule has 11 nitrogen and oxygen atoms in total. The quantitative estimate of drug-likeness (QED) is 0.194. The van der Waals surface area contributed by atoms with Crippen molar-refractivity contribution in [2.45, 2.75) is 77.5 Å². The van der Waals surface area contributed by atoms with E-state index in [1.165, 1.54) is 0 Å². The predicted octanol–water partition coefficient (Wildman–Crippen LogP) is 0.0630. The van der Waals surface area contributed by atoms with Gasteiger partial charge in [0.25, 0.3) is 0 Å². The zero-order valence-electron chi connectivity index (χ0n) is 21.3. The average molecular weight is 506 g/mol. The lowest BCUT2D eigenvalue weighted by Crippen LogP contribution is -2.59. The molecule has 0 fully saturated rings. The fourth-order valence-electron chi connectivity index (χ4n) is 3.53. The lowest BCUT2D eigenvalue weighted by molar-refractivity contribution is -0.144. The maximum atomic E-state index is 13.1. The third-order valence-corrected chi connectivity index (χ3v) is 6.24. The predicted molar refractivity (Wildman–Crippen MR) is 134 cm³/mol. The number of primary amides is 1. The highest BCUT2D eigenvalue weighted by atomic mass is 16.4. The van der Waals surface area contributed by atoms with E-state index in [0.29, 0.717) is 12.8 Å². The number of nitrogens with two attached hydrogens (primary N) is 2. The topological polar surface area (TPSA) is 194 Å². The standard InChI is InChI=1S/C25H39N5O6/c1-5-14(3)20(24(34)30-21(25(35)36)15(4)6-2)29-23(33)18(13-19(27)31)28-22(32)17(26)12-16-10-8-7-9-11-16/h7-11,14-15,17-18,20-21H,5-6,12-13,26H2,1-4H3,(H2,27,31)(H,28,32)(H,29,33)(H,30,34)(H,35,36). The molecular formula is C25H39N5O6. The Balaban J connectivity index is 3.01. The van der Waals surface area contributed by atoms with Crippen LogP contribution >= 0.6 is 0 Å². The van der Waals surface area contributed by atoms with E-state index in [-0.39, 0.29) is 18.3 Å². The van der Waals surface area contributed by atoms with E-state index in [0.717, 1.165) is 5.56 Å². The summed E-state index contributed by atoms with van der Waals surface area (Å²) in [5, 5.41) is 17.0. The van der Waals surface area contributed by atoms with Gasteiger partial charge in [-0.3, -0.25) is 19.2 Å². The molecule has 0 radical (unpaired) electrons. The van der Waals surface area contributed by atoms with E-state index >= 15 is 0 Å². The number of carbonyl (C=O) groups is 5. The number of carbonyl (C=O) groups excluding carboxylic acids is 4. The zero-order chi connectivity index (χ0) is 27.4. The summed E-state index contributed by atoms with van der Waals surface area (Å²) in [6, 6.07) is 4.46. The summed E-state index contributed by atoms with van der Waals surface area (Å²) >= 11 is 0. The van der Waals surface area contributed by atoms with Crippen LogP contribution in [0.5, 0.6) is 0 Å². The summed E-state index contributed by atoms with van der Waals surface area (Å²) in [6.07, 6.45) is 0.721. The molecule has 0 saturated heterocycles. The average Bonchev–Trinajstić information content (AvgIpc) is 2.84. The Kier molecular flexibility index (Phi) is 12.6. The van der Waals surface area contributed by atoms with Crippen molar-refractivity contribution in [3.05, 3.63) is 35.9 Å². The Morgan fingerprint density at radius 2 is 1.36 bits per heavy atom. The third-order valence-electron chi connectivity index (χ3n) is 6.24. The normalized spacial score (nSPS) is 15.9. The number of nitrogens with one attached hydrogen (secondary N) is 3. The molecule has 1 aromatic rings. The Labute approximate surface area is 211 Å². The van der Waals surface area contributed by atoms with Crippen molar-refractivity contribution in [2.75, 3.05) is 0 Å². The third kappa shape index (κ3) is 9.65. The van der Waals surface area contributed by atoms with Crippen molar-refractivity contribution in [1.82, 2.24) is 16.0 Å². The van der Waals surface area contributed by atoms with Crippen LogP contribution in [0, 0.1) is 11.8 Å². The van der Waals surface area contributed by atoms with Crippen LogP contribution in [0.1, 0.15) is 52.5 Å². The Morgan fingerprint density at radius 1 is 0.833 bits per heavy atom. The molecule has 0 bridgehead atoms. The summed E-state index contributed by atoms with van der Waals surface area (Å²) in [4.78, 5) is 62.0. The zero-order valence-corrected chi connectivity index (χ0v) is 21.3. The fraction of sp³-hybridized carbons (Fsp3) is 0.560. The first-order chi connectivity index (χ1) is 16.9. The van der Waals surface area contributed by atoms with Gasteiger partial charge < -0.3 is 32.5 Å². The molecule has 0 spiro atoms. The maximum absolute atomic E-state index is 13.1. The van der Waals surface area contributed by atoms with Gasteiger partial charge in [0.1, 0.15) is 18.1 Å². The summed E-state index contributed by atoms with van der Waals surface area (Å²) in [5.74, 6) is -4.86. The molecule has 0 aliphatic rings. The molecular weight excluding hydrogens is 466 g/mol. The highest BCUT2D eigenvalue weighted by molar-refractivity contribution is 5.96. The minimum absolute atomic E-state index is 0.210. The Morgan fingerprint density at radius 3 is 1.86 bits per heavy atom. The van der Waals surface area contributed by atoms with Gasteiger partial charge in [-0.15, -0.1) is 0 Å². The molecule has 0 heterocycles. The molecule has 0 aliphatic carbocycles. The number of rotatable bonds is 15. The second-order valence-corrected chi connectivity index (χ2v) is 9.11. The molecule has 6 unspecified atom stereocenters. The monoisotopic (exact) mass is 505 g/mol. The largest absolute Gasteiger partial charge is 0.480 e. The molecule has 200 valence electrons. The van der Waals surface area contributed by atoms with Crippen molar-refractivity contribution < 1.29 is 29.1 Å². The van der Waals surface area contributed by atoms with Gasteiger partial charge in [0.15, 0.2) is 0 Å². The van der Waals surface area contributed by atoms with Crippen LogP contribution in [-0.2, 0) is 30.4 Å². The van der Waals surface area contributed by atoms with Gasteiger partial charge in [0, 0.05) is 0 Å². The van der Waals surface area contributed by atoms with Gasteiger partial charge in [-0.05, 0) is 23.8 Å². The molecule has 11 heteroatoms. The first-order valence-corrected chi connectivity index (χ1v) is 12.1. The number of benzene rings is 1. The SMILES string of the molecule is CCC(C)C(NC(=O)C(NC(=O)C(CC(N)=O)NC(=O)C(N)Cc1ccccc1)C(C)CC)C(=O)O. The minimum atomic E-state index is -1.36. The number of amides is 4. The molecule has 1 aromatic carbocycles. The van der Waals surface area contributed by atoms with Crippen molar-refractivity contribution >= 4 is 29.6 Å². The van der Waals surface area contributed by atoms with E-state index in [2.05, 4.69) is 16.0 Å². The highest BCUT2D eigenvalue weighted by Crippen LogP contribution is 2.13. The number of aliphatic carboxylic acids is 1. The summed E-state index contributed by atoms with van der Waals surface area (Å²) in [6.45, 7) is 7.04. The van der Waals surface area contributed by atoms with Crippen LogP contribution in [0.15, 0.2) is 30.3 Å². The summed E-state index contributed by atoms with van der Waals surface area (Å²) in [7, 11) is 0. The molecule has 0 saturated carbocycles. The van der Waals surface area contributed by atoms with Crippen LogP contribution < -0.4 is 27.4 Å². The van der Waals surface area contributed by atoms with E-state index in [1.807, 2.05) is 13.0 Å². The van der Waals surface area contributed by atoms with Crippen LogP contribution in [-0.4, -0.2) is 58.9 Å². The molecule has 1 rings (SSSR count). The lowest BCUT2D eigenvalue weighted by Gasteiger charge is -2.29. The van der Waals surface area contributed by atoms with E-state index in [1.54, 1.807) is 45.0 Å². The van der Waals surface area contributed by atoms with E-state index in [4.69, 9.17) is 11.5 Å². The minimum Gasteiger partial charge on any atom is -0.480 e. The number of carboxylic acid groups (broad SMARTS) is 1. The van der Waals surface area contributed by atoms with Gasteiger partial charge >= 0.3 is 5.97 Å².